The molecule has 7 nitrogen and oxygen atoms in total. The average Bonchev–Trinajstić information content (AvgIpc) is 2.82. The summed E-state index contributed by atoms with van der Waals surface area (Å²) in [5, 5.41) is 5.90. The molecular weight excluding hydrogens is 588 g/mol. The van der Waals surface area contributed by atoms with E-state index in [1.165, 1.54) is 4.90 Å². The Morgan fingerprint density at radius 1 is 1.03 bits per heavy atom. The SMILES string of the molecule is Cc1cc(NC(=O)C(=O)N(CC(=O)Nc2ccc(Cl)cc2)Cc2cccnc2)c(Br)c(C)c1Br. The highest BCUT2D eigenvalue weighted by Crippen LogP contribution is 2.34. The molecule has 0 bridgehead atoms. The van der Waals surface area contributed by atoms with Crippen molar-refractivity contribution in [2.45, 2.75) is 20.4 Å². The third kappa shape index (κ3) is 6.65. The quantitative estimate of drug-likeness (QED) is 0.363. The minimum absolute atomic E-state index is 0.0354. The maximum absolute atomic E-state index is 13.1. The van der Waals surface area contributed by atoms with E-state index < -0.39 is 17.7 Å². The normalized spacial score (nSPS) is 10.5. The number of carbonyl (C=O) groups is 3. The van der Waals surface area contributed by atoms with Crippen molar-refractivity contribution in [3.63, 3.8) is 0 Å². The predicted octanol–water partition coefficient (Wildman–Crippen LogP) is 5.48. The van der Waals surface area contributed by atoms with Gasteiger partial charge in [-0.1, -0.05) is 33.6 Å². The number of pyridine rings is 1. The van der Waals surface area contributed by atoms with Crippen LogP contribution in [0.3, 0.4) is 0 Å². The van der Waals surface area contributed by atoms with Gasteiger partial charge in [0.1, 0.15) is 6.54 Å². The summed E-state index contributed by atoms with van der Waals surface area (Å²) in [7, 11) is 0. The number of hydrogen-bond acceptors (Lipinski definition) is 4. The van der Waals surface area contributed by atoms with Crippen LogP contribution in [0.25, 0.3) is 0 Å². The predicted molar refractivity (Wildman–Crippen MR) is 140 cm³/mol. The van der Waals surface area contributed by atoms with Gasteiger partial charge in [0, 0.05) is 38.6 Å². The number of carbonyl (C=O) groups excluding carboxylic acids is 3. The molecule has 0 radical (unpaired) electrons. The smallest absolute Gasteiger partial charge is 0.313 e. The molecule has 0 aliphatic heterocycles. The molecule has 176 valence electrons. The summed E-state index contributed by atoms with van der Waals surface area (Å²) in [5.41, 5.74) is 3.45. The molecule has 0 saturated carbocycles. The van der Waals surface area contributed by atoms with Gasteiger partial charge in [-0.2, -0.15) is 0 Å². The molecule has 0 aliphatic rings. The van der Waals surface area contributed by atoms with Crippen molar-refractivity contribution >= 4 is 72.6 Å². The number of benzene rings is 2. The van der Waals surface area contributed by atoms with Gasteiger partial charge in [0.2, 0.25) is 5.91 Å². The lowest BCUT2D eigenvalue weighted by Gasteiger charge is -2.22. The van der Waals surface area contributed by atoms with Gasteiger partial charge in [-0.3, -0.25) is 19.4 Å². The summed E-state index contributed by atoms with van der Waals surface area (Å²) in [4.78, 5) is 43.9. The molecule has 1 heterocycles. The molecule has 0 aliphatic carbocycles. The van der Waals surface area contributed by atoms with Crippen molar-refractivity contribution in [3.8, 4) is 0 Å². The number of nitrogens with one attached hydrogen (secondary N) is 2. The van der Waals surface area contributed by atoms with Gasteiger partial charge in [0.15, 0.2) is 0 Å². The van der Waals surface area contributed by atoms with Crippen molar-refractivity contribution in [2.75, 3.05) is 17.2 Å². The summed E-state index contributed by atoms with van der Waals surface area (Å²) in [6.45, 7) is 3.47. The third-order valence-electron chi connectivity index (χ3n) is 4.89. The third-order valence-corrected chi connectivity index (χ3v) is 7.38. The van der Waals surface area contributed by atoms with Crippen LogP contribution < -0.4 is 10.6 Å². The van der Waals surface area contributed by atoms with Crippen molar-refractivity contribution < 1.29 is 14.4 Å². The molecule has 10 heteroatoms. The molecule has 3 amide bonds. The Labute approximate surface area is 219 Å². The minimum atomic E-state index is -0.856. The van der Waals surface area contributed by atoms with E-state index in [1.807, 2.05) is 13.8 Å². The van der Waals surface area contributed by atoms with Crippen LogP contribution in [-0.4, -0.2) is 34.2 Å². The number of rotatable bonds is 6. The molecule has 2 N–H and O–H groups in total. The molecular formula is C24H21Br2ClN4O3. The Morgan fingerprint density at radius 2 is 1.74 bits per heavy atom. The molecule has 2 aromatic carbocycles. The van der Waals surface area contributed by atoms with E-state index in [-0.39, 0.29) is 13.1 Å². The molecule has 3 rings (SSSR count). The largest absolute Gasteiger partial charge is 0.325 e. The molecule has 34 heavy (non-hydrogen) atoms. The number of anilines is 2. The zero-order valence-corrected chi connectivity index (χ0v) is 22.3. The summed E-state index contributed by atoms with van der Waals surface area (Å²) in [6.07, 6.45) is 3.18. The van der Waals surface area contributed by atoms with Crippen LogP contribution >= 0.6 is 43.5 Å². The van der Waals surface area contributed by atoms with Crippen LogP contribution in [0, 0.1) is 13.8 Å². The van der Waals surface area contributed by atoms with Crippen molar-refractivity contribution in [3.05, 3.63) is 85.5 Å². The van der Waals surface area contributed by atoms with Crippen molar-refractivity contribution in [1.82, 2.24) is 9.88 Å². The number of aryl methyl sites for hydroxylation is 1. The van der Waals surface area contributed by atoms with Crippen LogP contribution in [0.2, 0.25) is 5.02 Å². The molecule has 0 atom stereocenters. The first-order valence-electron chi connectivity index (χ1n) is 10.2. The Bertz CT molecular complexity index is 1220. The number of hydrogen-bond donors (Lipinski definition) is 2. The lowest BCUT2D eigenvalue weighted by molar-refractivity contribution is -0.144. The second-order valence-electron chi connectivity index (χ2n) is 7.53. The van der Waals surface area contributed by atoms with E-state index in [4.69, 9.17) is 11.6 Å². The second-order valence-corrected chi connectivity index (χ2v) is 9.55. The number of aromatic nitrogens is 1. The summed E-state index contributed by atoms with van der Waals surface area (Å²) >= 11 is 12.8. The second kappa shape index (κ2) is 11.6. The standard InChI is InChI=1S/C24H21Br2ClN4O3/c1-14-10-19(22(26)15(2)21(14)25)30-23(33)24(34)31(12-16-4-3-9-28-11-16)13-20(32)29-18-7-5-17(27)6-8-18/h3-11H,12-13H2,1-2H3,(H,29,32)(H,30,33). The van der Waals surface area contributed by atoms with Gasteiger partial charge in [-0.25, -0.2) is 0 Å². The van der Waals surface area contributed by atoms with E-state index in [9.17, 15) is 14.4 Å². The van der Waals surface area contributed by atoms with Crippen molar-refractivity contribution in [1.29, 1.82) is 0 Å². The summed E-state index contributed by atoms with van der Waals surface area (Å²) in [5.74, 6) is -2.16. The van der Waals surface area contributed by atoms with Crippen LogP contribution in [0.5, 0.6) is 0 Å². The highest BCUT2D eigenvalue weighted by atomic mass is 79.9. The van der Waals surface area contributed by atoms with E-state index in [2.05, 4.69) is 47.5 Å². The van der Waals surface area contributed by atoms with E-state index in [1.54, 1.807) is 54.9 Å². The number of halogens is 3. The van der Waals surface area contributed by atoms with E-state index in [0.717, 1.165) is 15.6 Å². The zero-order valence-electron chi connectivity index (χ0n) is 18.4. The highest BCUT2D eigenvalue weighted by Gasteiger charge is 2.25. The fourth-order valence-corrected chi connectivity index (χ4v) is 4.28. The number of nitrogens with zero attached hydrogens (tertiary/aromatic N) is 2. The first-order chi connectivity index (χ1) is 16.2. The first kappa shape index (κ1) is 25.9. The molecule has 0 unspecified atom stereocenters. The van der Waals surface area contributed by atoms with Gasteiger partial charge in [0.05, 0.1) is 5.69 Å². The van der Waals surface area contributed by atoms with Gasteiger partial charge >= 0.3 is 11.8 Å². The number of amides is 3. The van der Waals surface area contributed by atoms with Gasteiger partial charge in [0.25, 0.3) is 0 Å². The lowest BCUT2D eigenvalue weighted by atomic mass is 10.1. The Kier molecular flexibility index (Phi) is 8.82. The van der Waals surface area contributed by atoms with E-state index >= 15 is 0 Å². The van der Waals surface area contributed by atoms with Crippen LogP contribution in [0.1, 0.15) is 16.7 Å². The fourth-order valence-electron chi connectivity index (χ4n) is 3.17. The fraction of sp³-hybridized carbons (Fsp3) is 0.167. The lowest BCUT2D eigenvalue weighted by Crippen LogP contribution is -2.43. The minimum Gasteiger partial charge on any atom is -0.325 e. The summed E-state index contributed by atoms with van der Waals surface area (Å²) in [6, 6.07) is 11.8. The Morgan fingerprint density at radius 3 is 2.38 bits per heavy atom. The first-order valence-corrected chi connectivity index (χ1v) is 12.1. The highest BCUT2D eigenvalue weighted by molar-refractivity contribution is 9.11. The summed E-state index contributed by atoms with van der Waals surface area (Å²) < 4.78 is 1.56. The van der Waals surface area contributed by atoms with Crippen LogP contribution in [0.15, 0.2) is 63.8 Å². The van der Waals surface area contributed by atoms with E-state index in [0.29, 0.717) is 26.4 Å². The molecule has 0 spiro atoms. The molecule has 3 aromatic rings. The van der Waals surface area contributed by atoms with Gasteiger partial charge in [-0.05, 0) is 82.9 Å². The molecule has 0 fully saturated rings. The molecule has 1 aromatic heterocycles. The van der Waals surface area contributed by atoms with Crippen LogP contribution in [0.4, 0.5) is 11.4 Å². The zero-order chi connectivity index (χ0) is 24.8. The van der Waals surface area contributed by atoms with Crippen LogP contribution in [-0.2, 0) is 20.9 Å². The maximum atomic E-state index is 13.1. The molecule has 0 saturated heterocycles. The Balaban J connectivity index is 1.79. The maximum Gasteiger partial charge on any atom is 0.313 e. The van der Waals surface area contributed by atoms with Gasteiger partial charge < -0.3 is 15.5 Å². The monoisotopic (exact) mass is 606 g/mol. The topological polar surface area (TPSA) is 91.4 Å². The Hall–Kier alpha value is -2.75. The van der Waals surface area contributed by atoms with Gasteiger partial charge in [-0.15, -0.1) is 0 Å². The average molecular weight is 609 g/mol. The van der Waals surface area contributed by atoms with Crippen molar-refractivity contribution in [2.24, 2.45) is 0 Å².